The third-order valence-corrected chi connectivity index (χ3v) is 3.55. The van der Waals surface area contributed by atoms with Gasteiger partial charge in [-0.1, -0.05) is 0 Å². The third-order valence-electron chi connectivity index (χ3n) is 1.89. The Hall–Kier alpha value is -0.930. The molecule has 110 valence electrons. The Bertz CT molecular complexity index is 344. The zero-order valence-corrected chi connectivity index (χ0v) is 12.4. The summed E-state index contributed by atoms with van der Waals surface area (Å²) in [7, 11) is -3.74. The average Bonchev–Trinajstić information content (AvgIpc) is 2.35. The van der Waals surface area contributed by atoms with Crippen LogP contribution in [0.5, 0.6) is 0 Å². The summed E-state index contributed by atoms with van der Waals surface area (Å²) in [5.74, 6) is -0.436. The van der Waals surface area contributed by atoms with E-state index in [1.54, 1.807) is 20.8 Å². The second-order valence-electron chi connectivity index (χ2n) is 3.35. The predicted octanol–water partition coefficient (Wildman–Crippen LogP) is 2.42. The standard InChI is InChI=1S/C11H20NO6P/c1-4-15-11(13)8-7-10(9-12)18-19(14,16-5-2)17-6-3/h10H,4-8H2,1-3H3. The SMILES string of the molecule is CCOC(=O)CCC(C#N)OP(=O)(OCC)OCC. The van der Waals surface area contributed by atoms with Crippen molar-refractivity contribution in [2.24, 2.45) is 0 Å². The summed E-state index contributed by atoms with van der Waals surface area (Å²) >= 11 is 0. The first-order chi connectivity index (χ1) is 9.01. The molecule has 0 N–H and O–H groups in total. The van der Waals surface area contributed by atoms with Crippen LogP contribution in [0.2, 0.25) is 0 Å². The van der Waals surface area contributed by atoms with Crippen molar-refractivity contribution in [2.45, 2.75) is 39.7 Å². The van der Waals surface area contributed by atoms with Crippen LogP contribution in [0.15, 0.2) is 0 Å². The van der Waals surface area contributed by atoms with E-state index in [1.165, 1.54) is 0 Å². The summed E-state index contributed by atoms with van der Waals surface area (Å²) in [5, 5.41) is 8.91. The van der Waals surface area contributed by atoms with Crippen molar-refractivity contribution in [1.29, 1.82) is 5.26 Å². The Labute approximate surface area is 113 Å². The lowest BCUT2D eigenvalue weighted by Gasteiger charge is -2.19. The molecule has 1 atom stereocenters. The molecule has 0 heterocycles. The molecule has 0 bridgehead atoms. The zero-order chi connectivity index (χ0) is 14.7. The lowest BCUT2D eigenvalue weighted by atomic mass is 10.2. The van der Waals surface area contributed by atoms with Gasteiger partial charge in [0.2, 0.25) is 0 Å². The Morgan fingerprint density at radius 1 is 1.21 bits per heavy atom. The molecule has 0 rings (SSSR count). The van der Waals surface area contributed by atoms with Gasteiger partial charge < -0.3 is 4.74 Å². The highest BCUT2D eigenvalue weighted by molar-refractivity contribution is 7.48. The van der Waals surface area contributed by atoms with Crippen LogP contribution >= 0.6 is 7.82 Å². The Morgan fingerprint density at radius 3 is 2.21 bits per heavy atom. The van der Waals surface area contributed by atoms with E-state index in [2.05, 4.69) is 0 Å². The zero-order valence-electron chi connectivity index (χ0n) is 11.5. The van der Waals surface area contributed by atoms with Gasteiger partial charge in [0.05, 0.1) is 25.9 Å². The molecule has 0 fully saturated rings. The second kappa shape index (κ2) is 9.93. The summed E-state index contributed by atoms with van der Waals surface area (Å²) in [6.07, 6.45) is -0.975. The minimum Gasteiger partial charge on any atom is -0.466 e. The molecule has 0 spiro atoms. The number of hydrogen-bond donors (Lipinski definition) is 0. The van der Waals surface area contributed by atoms with Crippen molar-refractivity contribution >= 4 is 13.8 Å². The van der Waals surface area contributed by atoms with Crippen LogP contribution in [-0.4, -0.2) is 31.9 Å². The number of nitrogens with zero attached hydrogens (tertiary/aromatic N) is 1. The van der Waals surface area contributed by atoms with Crippen molar-refractivity contribution in [3.05, 3.63) is 0 Å². The fourth-order valence-corrected chi connectivity index (χ4v) is 2.49. The second-order valence-corrected chi connectivity index (χ2v) is 4.97. The number of ether oxygens (including phenoxy) is 1. The van der Waals surface area contributed by atoms with Gasteiger partial charge in [-0.2, -0.15) is 5.26 Å². The van der Waals surface area contributed by atoms with Crippen LogP contribution in [0.4, 0.5) is 0 Å². The van der Waals surface area contributed by atoms with E-state index in [-0.39, 0.29) is 32.7 Å². The summed E-state index contributed by atoms with van der Waals surface area (Å²) in [4.78, 5) is 11.2. The molecule has 0 radical (unpaired) electrons. The van der Waals surface area contributed by atoms with Crippen molar-refractivity contribution in [2.75, 3.05) is 19.8 Å². The van der Waals surface area contributed by atoms with Crippen LogP contribution in [0.3, 0.4) is 0 Å². The molecule has 0 saturated heterocycles. The molecule has 0 amide bonds. The van der Waals surface area contributed by atoms with Crippen molar-refractivity contribution in [3.63, 3.8) is 0 Å². The normalized spacial score (nSPS) is 12.7. The number of phosphoric acid groups is 1. The lowest BCUT2D eigenvalue weighted by Crippen LogP contribution is -2.14. The van der Waals surface area contributed by atoms with E-state index in [0.717, 1.165) is 0 Å². The van der Waals surface area contributed by atoms with Gasteiger partial charge in [-0.05, 0) is 27.2 Å². The average molecular weight is 293 g/mol. The van der Waals surface area contributed by atoms with Gasteiger partial charge >= 0.3 is 13.8 Å². The van der Waals surface area contributed by atoms with Crippen molar-refractivity contribution in [1.82, 2.24) is 0 Å². The van der Waals surface area contributed by atoms with E-state index in [4.69, 9.17) is 23.6 Å². The molecule has 0 aromatic heterocycles. The van der Waals surface area contributed by atoms with Gasteiger partial charge in [0.15, 0.2) is 6.10 Å². The van der Waals surface area contributed by atoms with E-state index in [1.807, 2.05) is 6.07 Å². The van der Waals surface area contributed by atoms with Gasteiger partial charge in [-0.15, -0.1) is 0 Å². The highest BCUT2D eigenvalue weighted by Gasteiger charge is 2.30. The van der Waals surface area contributed by atoms with Crippen LogP contribution in [0, 0.1) is 11.3 Å². The third kappa shape index (κ3) is 7.96. The minimum absolute atomic E-state index is 0.00428. The summed E-state index contributed by atoms with van der Waals surface area (Å²) in [5.41, 5.74) is 0. The monoisotopic (exact) mass is 293 g/mol. The molecule has 0 saturated carbocycles. The Morgan fingerprint density at radius 2 is 1.79 bits per heavy atom. The quantitative estimate of drug-likeness (QED) is 0.451. The maximum absolute atomic E-state index is 12.0. The number of carbonyl (C=O) groups is 1. The van der Waals surface area contributed by atoms with Crippen LogP contribution < -0.4 is 0 Å². The highest BCUT2D eigenvalue weighted by atomic mass is 31.2. The number of carbonyl (C=O) groups excluding carboxylic acids is 1. The lowest BCUT2D eigenvalue weighted by molar-refractivity contribution is -0.143. The number of hydrogen-bond acceptors (Lipinski definition) is 7. The summed E-state index contributed by atoms with van der Waals surface area (Å²) < 4.78 is 31.6. The van der Waals surface area contributed by atoms with E-state index >= 15 is 0 Å². The topological polar surface area (TPSA) is 94.9 Å². The van der Waals surface area contributed by atoms with Crippen LogP contribution in [-0.2, 0) is 27.7 Å². The number of rotatable bonds is 10. The largest absolute Gasteiger partial charge is 0.476 e. The molecule has 0 aromatic carbocycles. The smallest absolute Gasteiger partial charge is 0.466 e. The first kappa shape index (κ1) is 18.1. The predicted molar refractivity (Wildman–Crippen MR) is 67.2 cm³/mol. The number of phosphoric ester groups is 1. The molecule has 0 aromatic rings. The fraction of sp³-hybridized carbons (Fsp3) is 0.818. The Kier molecular flexibility index (Phi) is 9.44. The molecule has 1 unspecified atom stereocenters. The fourth-order valence-electron chi connectivity index (χ4n) is 1.19. The Balaban J connectivity index is 4.40. The van der Waals surface area contributed by atoms with Gasteiger partial charge in [0.1, 0.15) is 0 Å². The van der Waals surface area contributed by atoms with Gasteiger partial charge in [0.25, 0.3) is 0 Å². The molecular formula is C11H20NO6P. The van der Waals surface area contributed by atoms with Crippen LogP contribution in [0.25, 0.3) is 0 Å². The first-order valence-electron chi connectivity index (χ1n) is 6.14. The van der Waals surface area contributed by atoms with Crippen LogP contribution in [0.1, 0.15) is 33.6 Å². The maximum Gasteiger partial charge on any atom is 0.476 e. The van der Waals surface area contributed by atoms with Gasteiger partial charge in [0, 0.05) is 6.42 Å². The molecule has 0 aliphatic carbocycles. The van der Waals surface area contributed by atoms with E-state index in [0.29, 0.717) is 0 Å². The molecule has 19 heavy (non-hydrogen) atoms. The minimum atomic E-state index is -3.74. The molecular weight excluding hydrogens is 273 g/mol. The van der Waals surface area contributed by atoms with E-state index < -0.39 is 19.9 Å². The summed E-state index contributed by atoms with van der Waals surface area (Å²) in [6.45, 7) is 5.49. The molecule has 8 heteroatoms. The molecule has 0 aliphatic rings. The number of esters is 1. The van der Waals surface area contributed by atoms with Crippen molar-refractivity contribution in [3.8, 4) is 6.07 Å². The summed E-state index contributed by atoms with van der Waals surface area (Å²) in [6, 6.07) is 1.81. The van der Waals surface area contributed by atoms with Crippen molar-refractivity contribution < 1.29 is 27.7 Å². The first-order valence-corrected chi connectivity index (χ1v) is 7.60. The van der Waals surface area contributed by atoms with Gasteiger partial charge in [-0.25, -0.2) is 4.57 Å². The number of nitriles is 1. The highest BCUT2D eigenvalue weighted by Crippen LogP contribution is 2.50. The van der Waals surface area contributed by atoms with Gasteiger partial charge in [-0.3, -0.25) is 18.4 Å². The molecule has 7 nitrogen and oxygen atoms in total. The molecule has 0 aliphatic heterocycles. The van der Waals surface area contributed by atoms with E-state index in [9.17, 15) is 9.36 Å². The maximum atomic E-state index is 12.0.